The van der Waals surface area contributed by atoms with Crippen molar-refractivity contribution in [3.8, 4) is 5.75 Å². The molecule has 1 rings (SSSR count). The summed E-state index contributed by atoms with van der Waals surface area (Å²) in [6.45, 7) is 1.26. The highest BCUT2D eigenvalue weighted by Gasteiger charge is 2.21. The maximum Gasteiger partial charge on any atom is 0.301 e. The molecule has 1 aromatic rings. The van der Waals surface area contributed by atoms with E-state index < -0.39 is 10.2 Å². The number of nitrogens with zero attached hydrogens (tertiary/aromatic N) is 1. The Labute approximate surface area is 126 Å². The monoisotopic (exact) mass is 317 g/mol. The second-order valence-electron chi connectivity index (χ2n) is 4.30. The van der Waals surface area contributed by atoms with Crippen molar-refractivity contribution in [1.82, 2.24) is 4.72 Å². The maximum atomic E-state index is 12.4. The number of rotatable bonds is 10. The van der Waals surface area contributed by atoms with Gasteiger partial charge in [-0.15, -0.1) is 0 Å². The van der Waals surface area contributed by atoms with E-state index >= 15 is 0 Å². The van der Waals surface area contributed by atoms with Gasteiger partial charge in [0, 0.05) is 20.2 Å². The van der Waals surface area contributed by atoms with E-state index in [0.717, 1.165) is 0 Å². The molecule has 0 heterocycles. The minimum atomic E-state index is -3.63. The summed E-state index contributed by atoms with van der Waals surface area (Å²) < 4.78 is 38.4. The fraction of sp³-hybridized carbons (Fsp3) is 0.538. The molecule has 0 aliphatic rings. The highest BCUT2D eigenvalue weighted by molar-refractivity contribution is 7.90. The number of anilines is 1. The summed E-state index contributed by atoms with van der Waals surface area (Å²) >= 11 is 0. The van der Waals surface area contributed by atoms with Crippen LogP contribution >= 0.6 is 0 Å². The summed E-state index contributed by atoms with van der Waals surface area (Å²) in [6.07, 6.45) is 0.567. The predicted octanol–water partition coefficient (Wildman–Crippen LogP) is 0.331. The highest BCUT2D eigenvalue weighted by atomic mass is 32.2. The molecule has 8 heteroatoms. The molecule has 0 aliphatic heterocycles. The zero-order valence-electron chi connectivity index (χ0n) is 12.4. The van der Waals surface area contributed by atoms with E-state index in [0.29, 0.717) is 37.6 Å². The largest absolute Gasteiger partial charge is 0.497 e. The fourth-order valence-corrected chi connectivity index (χ4v) is 2.99. The van der Waals surface area contributed by atoms with Gasteiger partial charge >= 0.3 is 10.2 Å². The van der Waals surface area contributed by atoms with Crippen molar-refractivity contribution in [2.24, 2.45) is 5.73 Å². The van der Waals surface area contributed by atoms with Crippen LogP contribution in [0.5, 0.6) is 5.75 Å². The van der Waals surface area contributed by atoms with Crippen LogP contribution in [0, 0.1) is 0 Å². The smallest absolute Gasteiger partial charge is 0.301 e. The summed E-state index contributed by atoms with van der Waals surface area (Å²) in [5, 5.41) is 0. The molecule has 7 nitrogen and oxygen atoms in total. The van der Waals surface area contributed by atoms with Crippen LogP contribution in [0.2, 0.25) is 0 Å². The molecular formula is C13H23N3O4S. The molecule has 0 atom stereocenters. The quantitative estimate of drug-likeness (QED) is 0.607. The zero-order valence-corrected chi connectivity index (χ0v) is 13.2. The predicted molar refractivity (Wildman–Crippen MR) is 82.8 cm³/mol. The lowest BCUT2D eigenvalue weighted by atomic mass is 10.3. The average Bonchev–Trinajstić information content (AvgIpc) is 2.48. The lowest BCUT2D eigenvalue weighted by molar-refractivity contribution is 0.204. The Bertz CT molecular complexity index is 505. The SMILES string of the molecule is COCCNS(=O)(=O)N(CCCN)c1ccc(OC)cc1. The Kier molecular flexibility index (Phi) is 7.44. The maximum absolute atomic E-state index is 12.4. The number of nitrogens with one attached hydrogen (secondary N) is 1. The average molecular weight is 317 g/mol. The Hall–Kier alpha value is -1.35. The van der Waals surface area contributed by atoms with Gasteiger partial charge in [0.05, 0.1) is 19.4 Å². The highest BCUT2D eigenvalue weighted by Crippen LogP contribution is 2.21. The molecule has 0 aromatic heterocycles. The number of methoxy groups -OCH3 is 2. The summed E-state index contributed by atoms with van der Waals surface area (Å²) in [6, 6.07) is 6.83. The number of ether oxygens (including phenoxy) is 2. The molecule has 3 N–H and O–H groups in total. The van der Waals surface area contributed by atoms with Gasteiger partial charge in [-0.05, 0) is 37.2 Å². The van der Waals surface area contributed by atoms with E-state index in [4.69, 9.17) is 15.2 Å². The molecule has 120 valence electrons. The third-order valence-corrected chi connectivity index (χ3v) is 4.35. The summed E-state index contributed by atoms with van der Waals surface area (Å²) in [7, 11) is -0.555. The number of hydrogen-bond acceptors (Lipinski definition) is 5. The van der Waals surface area contributed by atoms with Crippen molar-refractivity contribution in [3.05, 3.63) is 24.3 Å². The molecule has 0 amide bonds. The molecule has 0 radical (unpaired) electrons. The molecule has 0 fully saturated rings. The van der Waals surface area contributed by atoms with Gasteiger partial charge in [-0.3, -0.25) is 4.31 Å². The van der Waals surface area contributed by atoms with E-state index in [1.54, 1.807) is 31.4 Å². The second-order valence-corrected chi connectivity index (χ2v) is 5.98. The zero-order chi connectivity index (χ0) is 15.7. The van der Waals surface area contributed by atoms with Crippen LogP contribution in [0.3, 0.4) is 0 Å². The Morgan fingerprint density at radius 1 is 1.24 bits per heavy atom. The standard InChI is InChI=1S/C13H23N3O4S/c1-19-11-9-15-21(17,18)16(10-3-8-14)12-4-6-13(20-2)7-5-12/h4-7,15H,3,8-11,14H2,1-2H3. The first kappa shape index (κ1) is 17.7. The number of benzene rings is 1. The van der Waals surface area contributed by atoms with Gasteiger partial charge in [0.2, 0.25) is 0 Å². The van der Waals surface area contributed by atoms with Crippen LogP contribution < -0.4 is 19.5 Å². The van der Waals surface area contributed by atoms with Gasteiger partial charge in [0.15, 0.2) is 0 Å². The van der Waals surface area contributed by atoms with Crippen LogP contribution in [0.1, 0.15) is 6.42 Å². The van der Waals surface area contributed by atoms with Crippen molar-refractivity contribution in [3.63, 3.8) is 0 Å². The van der Waals surface area contributed by atoms with Gasteiger partial charge in [0.25, 0.3) is 0 Å². The van der Waals surface area contributed by atoms with Crippen molar-refractivity contribution in [2.45, 2.75) is 6.42 Å². The fourth-order valence-electron chi connectivity index (χ4n) is 1.72. The van der Waals surface area contributed by atoms with Gasteiger partial charge in [0.1, 0.15) is 5.75 Å². The summed E-state index contributed by atoms with van der Waals surface area (Å²) in [5.74, 6) is 0.669. The van der Waals surface area contributed by atoms with E-state index in [1.165, 1.54) is 11.4 Å². The molecule has 0 aliphatic carbocycles. The third-order valence-electron chi connectivity index (χ3n) is 2.81. The lowest BCUT2D eigenvalue weighted by Crippen LogP contribution is -2.43. The molecule has 0 spiro atoms. The molecule has 1 aromatic carbocycles. The van der Waals surface area contributed by atoms with Crippen LogP contribution in [0.15, 0.2) is 24.3 Å². The second kappa shape index (κ2) is 8.83. The molecule has 0 saturated carbocycles. The van der Waals surface area contributed by atoms with Gasteiger partial charge in [-0.25, -0.2) is 0 Å². The van der Waals surface area contributed by atoms with Gasteiger partial charge in [-0.2, -0.15) is 13.1 Å². The summed E-state index contributed by atoms with van der Waals surface area (Å²) in [5.41, 5.74) is 6.05. The van der Waals surface area contributed by atoms with E-state index in [-0.39, 0.29) is 6.54 Å². The summed E-state index contributed by atoms with van der Waals surface area (Å²) in [4.78, 5) is 0. The normalized spacial score (nSPS) is 11.4. The van der Waals surface area contributed by atoms with Crippen LogP contribution in [-0.2, 0) is 14.9 Å². The molecule has 0 unspecified atom stereocenters. The van der Waals surface area contributed by atoms with Gasteiger partial charge in [-0.1, -0.05) is 0 Å². The van der Waals surface area contributed by atoms with Crippen molar-refractivity contribution < 1.29 is 17.9 Å². The number of nitrogens with two attached hydrogens (primary N) is 1. The van der Waals surface area contributed by atoms with E-state index in [9.17, 15) is 8.42 Å². The van der Waals surface area contributed by atoms with Crippen molar-refractivity contribution in [1.29, 1.82) is 0 Å². The topological polar surface area (TPSA) is 93.9 Å². The van der Waals surface area contributed by atoms with Crippen molar-refractivity contribution >= 4 is 15.9 Å². The van der Waals surface area contributed by atoms with Gasteiger partial charge < -0.3 is 15.2 Å². The molecule has 0 bridgehead atoms. The molecule has 0 saturated heterocycles. The van der Waals surface area contributed by atoms with E-state index in [1.807, 2.05) is 0 Å². The van der Waals surface area contributed by atoms with E-state index in [2.05, 4.69) is 4.72 Å². The first-order chi connectivity index (χ1) is 10.0. The molecular weight excluding hydrogens is 294 g/mol. The van der Waals surface area contributed by atoms with Crippen LogP contribution in [0.4, 0.5) is 5.69 Å². The Morgan fingerprint density at radius 2 is 1.90 bits per heavy atom. The van der Waals surface area contributed by atoms with Crippen LogP contribution in [0.25, 0.3) is 0 Å². The first-order valence-corrected chi connectivity index (χ1v) is 8.09. The third kappa shape index (κ3) is 5.50. The Balaban J connectivity index is 2.92. The lowest BCUT2D eigenvalue weighted by Gasteiger charge is -2.24. The minimum Gasteiger partial charge on any atom is -0.497 e. The molecule has 21 heavy (non-hydrogen) atoms. The Morgan fingerprint density at radius 3 is 2.43 bits per heavy atom. The van der Waals surface area contributed by atoms with Crippen LogP contribution in [-0.4, -0.2) is 48.9 Å². The van der Waals surface area contributed by atoms with Crippen molar-refractivity contribution in [2.75, 3.05) is 44.8 Å². The first-order valence-electron chi connectivity index (χ1n) is 6.65. The minimum absolute atomic E-state index is 0.216. The number of hydrogen-bond donors (Lipinski definition) is 2.